The smallest absolute Gasteiger partial charge is 0.480 e. The summed E-state index contributed by atoms with van der Waals surface area (Å²) in [6.07, 6.45) is 5.84. The maximum absolute atomic E-state index is 14.4. The van der Waals surface area contributed by atoms with E-state index in [-0.39, 0.29) is 96.7 Å². The molecule has 38 nitrogen and oxygen atoms in total. The van der Waals surface area contributed by atoms with Gasteiger partial charge in [0, 0.05) is 116 Å². The number of benzene rings is 2. The van der Waals surface area contributed by atoms with Gasteiger partial charge in [-0.05, 0) is 85.9 Å². The number of carbonyl (C=O) groups is 12. The van der Waals surface area contributed by atoms with Crippen molar-refractivity contribution in [1.82, 2.24) is 82.4 Å². The molecule has 590 valence electrons. The number of hydrogen-bond acceptors (Lipinski definition) is 24. The Balaban J connectivity index is 1.16. The van der Waals surface area contributed by atoms with Gasteiger partial charge >= 0.3 is 20.2 Å². The number of thioether (sulfide) groups is 1. The summed E-state index contributed by atoms with van der Waals surface area (Å²) in [5.41, 5.74) is 13.5. The minimum absolute atomic E-state index is 0.00451. The van der Waals surface area contributed by atoms with Gasteiger partial charge in [-0.25, -0.2) is 4.98 Å². The Labute approximate surface area is 624 Å². The molecule has 107 heavy (non-hydrogen) atoms. The molecule has 0 bridgehead atoms. The number of nitrogens with one attached hydrogen (secondary N) is 12. The van der Waals surface area contributed by atoms with Gasteiger partial charge in [-0.2, -0.15) is 11.8 Å². The van der Waals surface area contributed by atoms with E-state index in [1.54, 1.807) is 71.1 Å². The number of carboxylic acid groups (broad SMARTS) is 2. The van der Waals surface area contributed by atoms with Crippen LogP contribution < -0.4 is 64.6 Å². The Morgan fingerprint density at radius 1 is 0.626 bits per heavy atom. The third-order valence-electron chi connectivity index (χ3n) is 16.9. The molecule has 3 heterocycles. The van der Waals surface area contributed by atoms with Gasteiger partial charge in [0.1, 0.15) is 69.2 Å². The van der Waals surface area contributed by atoms with Crippen LogP contribution >= 0.6 is 20.0 Å². The molecule has 7 unspecified atom stereocenters. The second kappa shape index (κ2) is 46.7. The number of imidazole rings is 1. The fourth-order valence-corrected chi connectivity index (χ4v) is 11.8. The topological polar surface area (TPSA) is 540 Å². The highest BCUT2D eigenvalue weighted by molar-refractivity contribution is 7.98. The maximum Gasteiger partial charge on any atom is 0.696 e. The van der Waals surface area contributed by atoms with Crippen molar-refractivity contribution in [3.63, 3.8) is 0 Å². The van der Waals surface area contributed by atoms with Crippen molar-refractivity contribution in [2.75, 3.05) is 123 Å². The van der Waals surface area contributed by atoms with Gasteiger partial charge in [0.2, 0.25) is 53.2 Å². The first-order chi connectivity index (χ1) is 51.0. The summed E-state index contributed by atoms with van der Waals surface area (Å²) >= 11 is 1.46. The van der Waals surface area contributed by atoms with E-state index in [1.165, 1.54) is 43.3 Å². The van der Waals surface area contributed by atoms with Crippen molar-refractivity contribution in [3.8, 4) is 0 Å². The predicted molar refractivity (Wildman–Crippen MR) is 393 cm³/mol. The van der Waals surface area contributed by atoms with E-state index in [9.17, 15) is 77.2 Å². The van der Waals surface area contributed by atoms with Crippen molar-refractivity contribution in [2.24, 2.45) is 23.3 Å². The van der Waals surface area contributed by atoms with E-state index in [1.807, 2.05) is 25.0 Å². The summed E-state index contributed by atoms with van der Waals surface area (Å²) in [5, 5.41) is 46.9. The molecule has 4 aromatic rings. The lowest BCUT2D eigenvalue weighted by molar-refractivity contribution is -0.139. The van der Waals surface area contributed by atoms with E-state index in [0.29, 0.717) is 86.0 Å². The highest BCUT2D eigenvalue weighted by atomic mass is 32.2. The highest BCUT2D eigenvalue weighted by Crippen LogP contribution is 2.21. The Hall–Kier alpha value is -9.28. The largest absolute Gasteiger partial charge is 0.696 e. The molecule has 2 aromatic heterocycles. The molecule has 1 saturated heterocycles. The van der Waals surface area contributed by atoms with Crippen molar-refractivity contribution in [3.05, 3.63) is 84.1 Å². The normalized spacial score (nSPS) is 15.7. The number of anilines is 1. The summed E-state index contributed by atoms with van der Waals surface area (Å²) < 4.78 is 27.6. The number of amides is 10. The molecule has 1 fully saturated rings. The average Bonchev–Trinajstić information content (AvgIpc) is 1.71. The maximum atomic E-state index is 14.4. The molecule has 10 amide bonds. The molecule has 0 aliphatic carbocycles. The Kier molecular flexibility index (Phi) is 38.6. The number of H-pyrrole nitrogens is 2. The van der Waals surface area contributed by atoms with Crippen LogP contribution in [-0.2, 0) is 84.1 Å². The van der Waals surface area contributed by atoms with E-state index in [4.69, 9.17) is 25.5 Å². The van der Waals surface area contributed by atoms with Crippen molar-refractivity contribution >= 4 is 108 Å². The summed E-state index contributed by atoms with van der Waals surface area (Å²) in [4.78, 5) is 186. The number of primary amides is 2. The van der Waals surface area contributed by atoms with Gasteiger partial charge < -0.3 is 89.0 Å². The molecular formula is C67H103N19O19PS+. The molecule has 19 N–H and O–H groups in total. The van der Waals surface area contributed by atoms with E-state index in [2.05, 4.69) is 68.1 Å². The van der Waals surface area contributed by atoms with E-state index in [0.717, 1.165) is 0 Å². The predicted octanol–water partition coefficient (Wildman–Crippen LogP) is -2.40. The number of hydrogen-bond donors (Lipinski definition) is 17. The number of aromatic nitrogens is 3. The summed E-state index contributed by atoms with van der Waals surface area (Å²) in [7, 11) is -2.88. The first-order valence-electron chi connectivity index (χ1n) is 34.8. The molecule has 0 spiro atoms. The SMILES string of the molecule is CSCC[C@H](NC(=O)C(CC(C)C)NC(=O)C(Cc1cnc[nH]1)NC(=O)CNC(=O)C(NC(=O)C(C)NC(=O)C(Cc1c[nH]c2ccccc12)NC(=O)C(CCC(N)=O)NC(=O)c1ccc(NCOCNCOCN2CCN(CC(=O)O)CCN(CO[P+](=O)O)CCN(CC(=O)O)CC2)cc1)C(C)C)C(N)=O. The Bertz CT molecular complexity index is 3550. The number of nitrogens with zero attached hydrogens (tertiary/aromatic N) is 5. The Morgan fingerprint density at radius 2 is 1.21 bits per heavy atom. The third kappa shape index (κ3) is 33.2. The number of ether oxygens (including phenoxy) is 2. The van der Waals surface area contributed by atoms with Crippen LogP contribution in [0, 0.1) is 11.8 Å². The first-order valence-corrected chi connectivity index (χ1v) is 37.3. The van der Waals surface area contributed by atoms with E-state index >= 15 is 0 Å². The lowest BCUT2D eigenvalue weighted by Gasteiger charge is -2.32. The van der Waals surface area contributed by atoms with Crippen LogP contribution in [0.3, 0.4) is 0 Å². The van der Waals surface area contributed by atoms with Crippen LogP contribution in [0.4, 0.5) is 5.69 Å². The van der Waals surface area contributed by atoms with Gasteiger partial charge in [-0.1, -0.05) is 45.9 Å². The summed E-state index contributed by atoms with van der Waals surface area (Å²) in [6, 6.07) is 4.38. The lowest BCUT2D eigenvalue weighted by atomic mass is 10.0. The molecule has 1 aliphatic heterocycles. The van der Waals surface area contributed by atoms with Gasteiger partial charge in [0.15, 0.2) is 6.73 Å². The summed E-state index contributed by atoms with van der Waals surface area (Å²) in [5.74, 6) is -10.1. The molecule has 0 saturated carbocycles. The first kappa shape index (κ1) is 88.3. The Morgan fingerprint density at radius 3 is 1.79 bits per heavy atom. The zero-order chi connectivity index (χ0) is 78.5. The number of para-hydroxylation sites is 1. The zero-order valence-electron chi connectivity index (χ0n) is 60.9. The van der Waals surface area contributed by atoms with Crippen LogP contribution in [0.5, 0.6) is 0 Å². The van der Waals surface area contributed by atoms with Gasteiger partial charge in [0.05, 0.1) is 26.0 Å². The number of nitrogens with two attached hydrogens (primary N) is 2. The molecule has 0 radical (unpaired) electrons. The molecular weight excluding hydrogens is 1440 g/mol. The minimum Gasteiger partial charge on any atom is -0.480 e. The number of fused-ring (bicyclic) bond motifs is 1. The highest BCUT2D eigenvalue weighted by Gasteiger charge is 2.35. The second-order valence-electron chi connectivity index (χ2n) is 26.2. The van der Waals surface area contributed by atoms with Gasteiger partial charge in [-0.15, -0.1) is 9.42 Å². The molecule has 2 aromatic carbocycles. The van der Waals surface area contributed by atoms with Crippen LogP contribution in [0.2, 0.25) is 0 Å². The molecule has 8 atom stereocenters. The van der Waals surface area contributed by atoms with Crippen LogP contribution in [-0.4, -0.2) is 281 Å². The molecule has 40 heteroatoms. The molecule has 1 aliphatic rings. The standard InChI is InChI=1S/C67H102N19O19PS/c1-41(2)27-52(65(98)78-50(60(69)93)17-26-107-6)80-66(99)54(29-47-31-70-35-74-47)77-56(88)32-73-67(100)59(42(3)4)82-61(94)43(5)76-64(97)53(28-45-30-72-49-10-8-7-9-48(45)49)81-63(96)51(15-16-55(68)87)79-62(95)44-11-13-46(14-12-44)75-38-103-36-71-37-104-39-85-22-18-83(33-57(89)90)20-24-86(40-105-106(101)102)25-21-84(19-23-85)34-58(91)92/h7-14,30-31,35,41-43,50-54,59,71-72H,15-29,32-34,36-40H2,1-6H3,(H16-,68,69,70,73,74,75,76,77,78,79,80,81,82,87,88,89,90,91,92,93,94,95,96,97,98,99,100,101,102)/p+1/t43?,50-,51?,52?,53?,54?,59?/m0/s1. The number of aromatic amines is 2. The fraction of sp³-hybridized carbons (Fsp3) is 0.567. The lowest BCUT2D eigenvalue weighted by Crippen LogP contribution is -2.59. The number of rotatable bonds is 46. The number of aliphatic carboxylic acids is 2. The van der Waals surface area contributed by atoms with Crippen LogP contribution in [0.25, 0.3) is 10.9 Å². The van der Waals surface area contributed by atoms with Crippen LogP contribution in [0.15, 0.2) is 67.3 Å². The number of carbonyl (C=O) groups excluding carboxylic acids is 10. The molecule has 5 rings (SSSR count). The minimum atomic E-state index is -2.88. The number of carboxylic acids is 2. The monoisotopic (exact) mass is 1540 g/mol. The van der Waals surface area contributed by atoms with Crippen molar-refractivity contribution < 1.29 is 91.2 Å². The average molecular weight is 1540 g/mol. The van der Waals surface area contributed by atoms with Gasteiger partial charge in [-0.3, -0.25) is 82.5 Å². The zero-order valence-corrected chi connectivity index (χ0v) is 62.6. The second-order valence-corrected chi connectivity index (χ2v) is 27.9. The van der Waals surface area contributed by atoms with Crippen LogP contribution in [0.1, 0.15) is 81.9 Å². The quantitative estimate of drug-likeness (QED) is 0.0125. The van der Waals surface area contributed by atoms with Crippen molar-refractivity contribution in [1.29, 1.82) is 0 Å². The third-order valence-corrected chi connectivity index (χ3v) is 17.9. The van der Waals surface area contributed by atoms with Gasteiger partial charge in [0.25, 0.3) is 5.91 Å². The van der Waals surface area contributed by atoms with Crippen molar-refractivity contribution in [2.45, 2.75) is 115 Å². The summed E-state index contributed by atoms with van der Waals surface area (Å²) in [6.45, 7) is 9.66. The van der Waals surface area contributed by atoms with E-state index < -0.39 is 134 Å². The fourth-order valence-electron chi connectivity index (χ4n) is 11.1.